The highest BCUT2D eigenvalue weighted by molar-refractivity contribution is 7.92. The van der Waals surface area contributed by atoms with Crippen molar-refractivity contribution in [3.63, 3.8) is 0 Å². The summed E-state index contributed by atoms with van der Waals surface area (Å²) in [6.07, 6.45) is 8.80. The van der Waals surface area contributed by atoms with Crippen LogP contribution in [-0.4, -0.2) is 57.8 Å². The van der Waals surface area contributed by atoms with Crippen LogP contribution in [0.3, 0.4) is 0 Å². The maximum absolute atomic E-state index is 13.4. The number of nitrogens with one attached hydrogen (secondary N) is 1. The summed E-state index contributed by atoms with van der Waals surface area (Å²) < 4.78 is 27.1. The number of sulfonamides is 1. The SMILES string of the molecule is O=C(Cc1ccc(NS(=O)(=O)CCO)cc1N1CCC2(CC1)CC2)c1cccc(N2CCCCC2)c1. The summed E-state index contributed by atoms with van der Waals surface area (Å²) in [5.41, 5.74) is 4.65. The molecule has 2 heterocycles. The van der Waals surface area contributed by atoms with Crippen molar-refractivity contribution in [2.24, 2.45) is 5.41 Å². The zero-order valence-corrected chi connectivity index (χ0v) is 21.7. The molecule has 1 spiro atoms. The van der Waals surface area contributed by atoms with Crippen molar-refractivity contribution in [2.45, 2.75) is 51.4 Å². The molecule has 0 bridgehead atoms. The lowest BCUT2D eigenvalue weighted by Gasteiger charge is -2.35. The average Bonchev–Trinajstić information content (AvgIpc) is 3.64. The van der Waals surface area contributed by atoms with Gasteiger partial charge in [0.25, 0.3) is 0 Å². The number of ketones is 1. The number of hydrogen-bond acceptors (Lipinski definition) is 6. The van der Waals surface area contributed by atoms with E-state index in [0.29, 0.717) is 16.7 Å². The van der Waals surface area contributed by atoms with Crippen molar-refractivity contribution >= 4 is 32.9 Å². The third kappa shape index (κ3) is 5.86. The van der Waals surface area contributed by atoms with Gasteiger partial charge in [-0.2, -0.15) is 0 Å². The fourth-order valence-electron chi connectivity index (χ4n) is 5.62. The number of nitrogens with zero attached hydrogens (tertiary/aromatic N) is 2. The highest BCUT2D eigenvalue weighted by Gasteiger charge is 2.44. The normalized spacial score (nSPS) is 19.4. The number of anilines is 3. The molecule has 194 valence electrons. The Bertz CT molecular complexity index is 1190. The molecule has 5 rings (SSSR count). The van der Waals surface area contributed by atoms with Crippen molar-refractivity contribution in [1.29, 1.82) is 0 Å². The summed E-state index contributed by atoms with van der Waals surface area (Å²) in [7, 11) is -3.63. The average molecular weight is 512 g/mol. The summed E-state index contributed by atoms with van der Waals surface area (Å²) in [6, 6.07) is 13.4. The number of benzene rings is 2. The molecule has 7 nitrogen and oxygen atoms in total. The lowest BCUT2D eigenvalue weighted by molar-refractivity contribution is 0.0993. The van der Waals surface area contributed by atoms with Crippen LogP contribution < -0.4 is 14.5 Å². The highest BCUT2D eigenvalue weighted by atomic mass is 32.2. The molecular formula is C28H37N3O4S. The van der Waals surface area contributed by atoms with Crippen molar-refractivity contribution in [1.82, 2.24) is 0 Å². The Morgan fingerprint density at radius 3 is 2.36 bits per heavy atom. The number of carbonyl (C=O) groups excluding carboxylic acids is 1. The van der Waals surface area contributed by atoms with Gasteiger partial charge in [-0.3, -0.25) is 9.52 Å². The molecular weight excluding hydrogens is 474 g/mol. The first-order valence-corrected chi connectivity index (χ1v) is 14.9. The van der Waals surface area contributed by atoms with E-state index in [1.54, 1.807) is 6.07 Å². The molecule has 2 saturated heterocycles. The predicted molar refractivity (Wildman–Crippen MR) is 145 cm³/mol. The Hall–Kier alpha value is -2.58. The van der Waals surface area contributed by atoms with Gasteiger partial charge < -0.3 is 14.9 Å². The standard InChI is InChI=1S/C28H37N3O4S/c32-17-18-36(34,35)29-24-8-7-22(26(21-24)31-15-11-28(9-10-28)12-16-31)20-27(33)23-5-4-6-25(19-23)30-13-2-1-3-14-30/h4-8,19,21,29,32H,1-3,9-18,20H2. The molecule has 1 saturated carbocycles. The quantitative estimate of drug-likeness (QED) is 0.490. The Morgan fingerprint density at radius 2 is 1.67 bits per heavy atom. The predicted octanol–water partition coefficient (Wildman–Crippen LogP) is 4.22. The Labute approximate surface area is 214 Å². The monoisotopic (exact) mass is 511 g/mol. The van der Waals surface area contributed by atoms with E-state index in [1.807, 2.05) is 30.3 Å². The summed E-state index contributed by atoms with van der Waals surface area (Å²) >= 11 is 0. The largest absolute Gasteiger partial charge is 0.395 e. The van der Waals surface area contributed by atoms with Gasteiger partial charge >= 0.3 is 0 Å². The van der Waals surface area contributed by atoms with E-state index in [1.165, 1.54) is 32.1 Å². The van der Waals surface area contributed by atoms with Crippen LogP contribution in [-0.2, 0) is 16.4 Å². The summed E-state index contributed by atoms with van der Waals surface area (Å²) in [5.74, 6) is -0.276. The van der Waals surface area contributed by atoms with Gasteiger partial charge in [-0.25, -0.2) is 8.42 Å². The third-order valence-corrected chi connectivity index (χ3v) is 9.35. The Balaban J connectivity index is 1.38. The molecule has 0 radical (unpaired) electrons. The molecule has 2 N–H and O–H groups in total. The molecule has 3 aliphatic rings. The number of aliphatic hydroxyl groups excluding tert-OH is 1. The smallest absolute Gasteiger partial charge is 0.234 e. The van der Waals surface area contributed by atoms with Gasteiger partial charge in [0.1, 0.15) is 0 Å². The number of hydrogen-bond donors (Lipinski definition) is 2. The molecule has 2 aliphatic heterocycles. The van der Waals surface area contributed by atoms with Gasteiger partial charge in [0.15, 0.2) is 5.78 Å². The van der Waals surface area contributed by atoms with Crippen LogP contribution in [0.2, 0.25) is 0 Å². The van der Waals surface area contributed by atoms with Crippen LogP contribution in [0, 0.1) is 5.41 Å². The number of piperidine rings is 2. The molecule has 0 aromatic heterocycles. The van der Waals surface area contributed by atoms with Gasteiger partial charge in [-0.05, 0) is 80.2 Å². The first-order chi connectivity index (χ1) is 17.4. The van der Waals surface area contributed by atoms with Gasteiger partial charge in [0, 0.05) is 49.5 Å². The van der Waals surface area contributed by atoms with E-state index in [2.05, 4.69) is 20.6 Å². The fraction of sp³-hybridized carbons (Fsp3) is 0.536. The molecule has 0 atom stereocenters. The summed E-state index contributed by atoms with van der Waals surface area (Å²) in [4.78, 5) is 18.1. The van der Waals surface area contributed by atoms with E-state index in [0.717, 1.165) is 56.0 Å². The van der Waals surface area contributed by atoms with Crippen molar-refractivity contribution in [2.75, 3.05) is 53.1 Å². The van der Waals surface area contributed by atoms with Crippen LogP contribution >= 0.6 is 0 Å². The fourth-order valence-corrected chi connectivity index (χ4v) is 6.45. The number of Topliss-reactive ketones (excluding diaryl/α,β-unsaturated/α-hetero) is 1. The topological polar surface area (TPSA) is 89.9 Å². The molecule has 3 fully saturated rings. The second-order valence-corrected chi connectivity index (χ2v) is 12.5. The molecule has 0 amide bonds. The highest BCUT2D eigenvalue weighted by Crippen LogP contribution is 2.54. The Morgan fingerprint density at radius 1 is 0.917 bits per heavy atom. The minimum atomic E-state index is -3.63. The maximum Gasteiger partial charge on any atom is 0.234 e. The van der Waals surface area contributed by atoms with Crippen molar-refractivity contribution in [3.8, 4) is 0 Å². The molecule has 1 aliphatic carbocycles. The lowest BCUT2D eigenvalue weighted by atomic mass is 9.92. The maximum atomic E-state index is 13.4. The first kappa shape index (κ1) is 25.1. The van der Waals surface area contributed by atoms with Crippen LogP contribution in [0.5, 0.6) is 0 Å². The molecule has 2 aromatic carbocycles. The zero-order chi connectivity index (χ0) is 25.2. The van der Waals surface area contributed by atoms with Crippen LogP contribution in [0.1, 0.15) is 60.9 Å². The second-order valence-electron chi connectivity index (χ2n) is 10.7. The van der Waals surface area contributed by atoms with E-state index in [9.17, 15) is 13.2 Å². The lowest BCUT2D eigenvalue weighted by Crippen LogP contribution is -2.35. The second kappa shape index (κ2) is 10.4. The van der Waals surface area contributed by atoms with E-state index >= 15 is 0 Å². The van der Waals surface area contributed by atoms with Crippen LogP contribution in [0.4, 0.5) is 17.1 Å². The first-order valence-electron chi connectivity index (χ1n) is 13.2. The van der Waals surface area contributed by atoms with Crippen LogP contribution in [0.25, 0.3) is 0 Å². The minimum absolute atomic E-state index is 0.0689. The number of rotatable bonds is 9. The third-order valence-electron chi connectivity index (χ3n) is 8.08. The minimum Gasteiger partial charge on any atom is -0.395 e. The van der Waals surface area contributed by atoms with E-state index in [4.69, 9.17) is 5.11 Å². The van der Waals surface area contributed by atoms with Gasteiger partial charge in [-0.1, -0.05) is 18.2 Å². The zero-order valence-electron chi connectivity index (χ0n) is 20.9. The summed E-state index contributed by atoms with van der Waals surface area (Å²) in [5, 5.41) is 9.08. The number of aliphatic hydroxyl groups is 1. The van der Waals surface area contributed by atoms with E-state index in [-0.39, 0.29) is 18.0 Å². The molecule has 0 unspecified atom stereocenters. The van der Waals surface area contributed by atoms with E-state index < -0.39 is 16.6 Å². The van der Waals surface area contributed by atoms with Crippen molar-refractivity contribution < 1.29 is 18.3 Å². The molecule has 2 aromatic rings. The summed E-state index contributed by atoms with van der Waals surface area (Å²) in [6.45, 7) is 3.47. The Kier molecular flexibility index (Phi) is 7.26. The van der Waals surface area contributed by atoms with Crippen LogP contribution in [0.15, 0.2) is 42.5 Å². The molecule has 36 heavy (non-hydrogen) atoms. The van der Waals surface area contributed by atoms with Crippen molar-refractivity contribution in [3.05, 3.63) is 53.6 Å². The number of carbonyl (C=O) groups is 1. The van der Waals surface area contributed by atoms with Gasteiger partial charge in [0.2, 0.25) is 10.0 Å². The van der Waals surface area contributed by atoms with Gasteiger partial charge in [-0.15, -0.1) is 0 Å². The van der Waals surface area contributed by atoms with Gasteiger partial charge in [0.05, 0.1) is 18.0 Å². The molecule has 8 heteroatoms.